The molecule has 2 amide bonds. The third-order valence-corrected chi connectivity index (χ3v) is 6.16. The zero-order valence-electron chi connectivity index (χ0n) is 17.6. The van der Waals surface area contributed by atoms with Crippen molar-refractivity contribution < 1.29 is 9.53 Å². The Kier molecular flexibility index (Phi) is 4.32. The molecule has 0 fully saturated rings. The largest absolute Gasteiger partial charge is 0.439 e. The number of urea groups is 1. The lowest BCUT2D eigenvalue weighted by atomic mass is 10.1. The summed E-state index contributed by atoms with van der Waals surface area (Å²) in [4.78, 5) is 23.5. The normalized spacial score (nSPS) is 14.5. The van der Waals surface area contributed by atoms with Crippen molar-refractivity contribution in [2.24, 2.45) is 7.05 Å². The fourth-order valence-corrected chi connectivity index (χ4v) is 4.51. The van der Waals surface area contributed by atoms with Gasteiger partial charge < -0.3 is 19.9 Å². The van der Waals surface area contributed by atoms with Gasteiger partial charge in [0.2, 0.25) is 5.88 Å². The van der Waals surface area contributed by atoms with Gasteiger partial charge in [0.05, 0.1) is 16.9 Å². The Morgan fingerprint density at radius 1 is 1.16 bits per heavy atom. The number of anilines is 2. The summed E-state index contributed by atoms with van der Waals surface area (Å²) in [7, 11) is 2.00. The van der Waals surface area contributed by atoms with Gasteiger partial charge in [0.1, 0.15) is 12.1 Å². The lowest BCUT2D eigenvalue weighted by Gasteiger charge is -2.19. The van der Waals surface area contributed by atoms with Crippen LogP contribution < -0.4 is 20.3 Å². The van der Waals surface area contributed by atoms with E-state index in [0.29, 0.717) is 24.7 Å². The van der Waals surface area contributed by atoms with E-state index < -0.39 is 0 Å². The second kappa shape index (κ2) is 7.35. The summed E-state index contributed by atoms with van der Waals surface area (Å²) >= 11 is 0. The molecular formula is C24H22N6O2. The first-order valence-electron chi connectivity index (χ1n) is 10.6. The Hall–Kier alpha value is -3.91. The van der Waals surface area contributed by atoms with Crippen LogP contribution in [0, 0.1) is 0 Å². The van der Waals surface area contributed by atoms with Crippen LogP contribution in [0.15, 0.2) is 55.0 Å². The number of nitrogens with one attached hydrogen (secondary N) is 2. The van der Waals surface area contributed by atoms with Crippen molar-refractivity contribution in [3.8, 4) is 11.6 Å². The van der Waals surface area contributed by atoms with Crippen LogP contribution in [0.4, 0.5) is 16.2 Å². The molecule has 0 radical (unpaired) electrons. The highest BCUT2D eigenvalue weighted by Crippen LogP contribution is 2.35. The van der Waals surface area contributed by atoms with Crippen molar-refractivity contribution in [1.29, 1.82) is 0 Å². The van der Waals surface area contributed by atoms with Crippen molar-refractivity contribution in [3.05, 3.63) is 71.8 Å². The van der Waals surface area contributed by atoms with Gasteiger partial charge in [-0.05, 0) is 48.4 Å². The molecule has 0 atom stereocenters. The molecule has 2 aliphatic heterocycles. The number of nitrogens with zero attached hydrogens (tertiary/aromatic N) is 4. The van der Waals surface area contributed by atoms with Crippen LogP contribution in [0.5, 0.6) is 11.6 Å². The van der Waals surface area contributed by atoms with Gasteiger partial charge in [0, 0.05) is 49.5 Å². The Morgan fingerprint density at radius 2 is 2.09 bits per heavy atom. The lowest BCUT2D eigenvalue weighted by Crippen LogP contribution is -2.33. The van der Waals surface area contributed by atoms with Gasteiger partial charge in [-0.15, -0.1) is 0 Å². The van der Waals surface area contributed by atoms with Crippen LogP contribution in [0.3, 0.4) is 0 Å². The molecule has 0 spiro atoms. The number of aryl methyl sites for hydroxylation is 1. The van der Waals surface area contributed by atoms with E-state index in [0.717, 1.165) is 52.1 Å². The van der Waals surface area contributed by atoms with Crippen molar-refractivity contribution in [3.63, 3.8) is 0 Å². The molecule has 2 aliphatic rings. The minimum atomic E-state index is -0.131. The lowest BCUT2D eigenvalue weighted by molar-refractivity contribution is 0.257. The number of carbonyl (C=O) groups excluding carboxylic acids is 1. The maximum atomic E-state index is 13.1. The van der Waals surface area contributed by atoms with Crippen LogP contribution in [0.2, 0.25) is 0 Å². The Bertz CT molecular complexity index is 1360. The number of carbonyl (C=O) groups is 1. The number of hydrogen-bond donors (Lipinski definition) is 2. The summed E-state index contributed by atoms with van der Waals surface area (Å²) in [5, 5.41) is 7.38. The molecule has 0 aliphatic carbocycles. The molecule has 0 saturated carbocycles. The average molecular weight is 426 g/mol. The van der Waals surface area contributed by atoms with E-state index in [1.165, 1.54) is 6.33 Å². The second-order valence-electron chi connectivity index (χ2n) is 8.10. The number of rotatable bonds is 3. The molecule has 4 heterocycles. The predicted molar refractivity (Wildman–Crippen MR) is 122 cm³/mol. The molecule has 0 bridgehead atoms. The fraction of sp³-hybridized carbons (Fsp3) is 0.208. The van der Waals surface area contributed by atoms with Gasteiger partial charge in [-0.3, -0.25) is 4.90 Å². The highest BCUT2D eigenvalue weighted by Gasteiger charge is 2.26. The molecular weight excluding hydrogens is 404 g/mol. The molecule has 8 heteroatoms. The molecule has 160 valence electrons. The van der Waals surface area contributed by atoms with E-state index in [4.69, 9.17) is 4.74 Å². The van der Waals surface area contributed by atoms with Gasteiger partial charge in [-0.25, -0.2) is 14.8 Å². The molecule has 0 saturated heterocycles. The molecule has 2 aromatic heterocycles. The maximum absolute atomic E-state index is 13.1. The van der Waals surface area contributed by atoms with Gasteiger partial charge >= 0.3 is 6.03 Å². The van der Waals surface area contributed by atoms with Crippen molar-refractivity contribution >= 4 is 28.3 Å². The molecule has 8 nitrogen and oxygen atoms in total. The van der Waals surface area contributed by atoms with Gasteiger partial charge in [0.15, 0.2) is 0 Å². The number of hydrogen-bond acceptors (Lipinski definition) is 5. The number of benzene rings is 2. The van der Waals surface area contributed by atoms with Gasteiger partial charge in [0.25, 0.3) is 0 Å². The third-order valence-electron chi connectivity index (χ3n) is 6.16. The predicted octanol–water partition coefficient (Wildman–Crippen LogP) is 3.96. The SMILES string of the molecule is Cn1ccc2c(NC(=O)N3CCc4cc(Oc5ncnc6c5CNC6)ccc43)cccc21. The monoisotopic (exact) mass is 426 g/mol. The van der Waals surface area contributed by atoms with Gasteiger partial charge in [-0.1, -0.05) is 6.07 Å². The zero-order valence-corrected chi connectivity index (χ0v) is 17.6. The van der Waals surface area contributed by atoms with Crippen LogP contribution in [0.25, 0.3) is 10.9 Å². The smallest absolute Gasteiger partial charge is 0.326 e. The molecule has 4 aromatic rings. The fourth-order valence-electron chi connectivity index (χ4n) is 4.51. The van der Waals surface area contributed by atoms with E-state index in [-0.39, 0.29) is 6.03 Å². The van der Waals surface area contributed by atoms with Gasteiger partial charge in [-0.2, -0.15) is 0 Å². The zero-order chi connectivity index (χ0) is 21.7. The van der Waals surface area contributed by atoms with Crippen molar-refractivity contribution in [2.45, 2.75) is 19.5 Å². The highest BCUT2D eigenvalue weighted by molar-refractivity contribution is 6.07. The molecule has 0 unspecified atom stereocenters. The maximum Gasteiger partial charge on any atom is 0.326 e. The van der Waals surface area contributed by atoms with Crippen LogP contribution in [-0.4, -0.2) is 27.1 Å². The van der Waals surface area contributed by atoms with E-state index >= 15 is 0 Å². The Balaban J connectivity index is 1.23. The summed E-state index contributed by atoms with van der Waals surface area (Å²) in [5.74, 6) is 1.30. The van der Waals surface area contributed by atoms with E-state index in [2.05, 4.69) is 20.6 Å². The minimum Gasteiger partial charge on any atom is -0.439 e. The molecule has 6 rings (SSSR count). The molecule has 2 N–H and O–H groups in total. The summed E-state index contributed by atoms with van der Waals surface area (Å²) in [6, 6.07) is 13.7. The standard InChI is InChI=1S/C24H22N6O2/c1-29-9-8-17-19(3-2-4-22(17)29)28-24(31)30-10-7-15-11-16(5-6-21(15)30)32-23-18-12-25-13-20(18)26-14-27-23/h2-6,8-9,11,14,25H,7,10,12-13H2,1H3,(H,28,31). The summed E-state index contributed by atoms with van der Waals surface area (Å²) in [6.45, 7) is 2.07. The third kappa shape index (κ3) is 3.07. The van der Waals surface area contributed by atoms with Crippen molar-refractivity contribution in [1.82, 2.24) is 19.9 Å². The first-order valence-corrected chi connectivity index (χ1v) is 10.6. The van der Waals surface area contributed by atoms with E-state index in [1.54, 1.807) is 4.90 Å². The minimum absolute atomic E-state index is 0.131. The van der Waals surface area contributed by atoms with Crippen molar-refractivity contribution in [2.75, 3.05) is 16.8 Å². The first kappa shape index (κ1) is 18.8. The number of amides is 2. The first-order chi connectivity index (χ1) is 15.7. The Labute approximate surface area is 184 Å². The summed E-state index contributed by atoms with van der Waals surface area (Å²) in [5.41, 5.74) is 5.87. The number of aromatic nitrogens is 3. The topological polar surface area (TPSA) is 84.3 Å². The number of ether oxygens (including phenoxy) is 1. The Morgan fingerprint density at radius 3 is 3.03 bits per heavy atom. The quantitative estimate of drug-likeness (QED) is 0.518. The highest BCUT2D eigenvalue weighted by atomic mass is 16.5. The van der Waals surface area contributed by atoms with Crippen LogP contribution >= 0.6 is 0 Å². The summed E-state index contributed by atoms with van der Waals surface area (Å²) < 4.78 is 8.12. The molecule has 2 aromatic carbocycles. The van der Waals surface area contributed by atoms with E-state index in [9.17, 15) is 4.79 Å². The van der Waals surface area contributed by atoms with Crippen LogP contribution in [-0.2, 0) is 26.6 Å². The summed E-state index contributed by atoms with van der Waals surface area (Å²) in [6.07, 6.45) is 4.31. The average Bonchev–Trinajstić information content (AvgIpc) is 3.53. The molecule has 32 heavy (non-hydrogen) atoms. The second-order valence-corrected chi connectivity index (χ2v) is 8.10. The van der Waals surface area contributed by atoms with Crippen LogP contribution in [0.1, 0.15) is 16.8 Å². The number of fused-ring (bicyclic) bond motifs is 3. The van der Waals surface area contributed by atoms with E-state index in [1.807, 2.05) is 60.3 Å².